The Labute approximate surface area is 119 Å². The summed E-state index contributed by atoms with van der Waals surface area (Å²) < 4.78 is 14.0. The van der Waals surface area contributed by atoms with E-state index in [1.165, 1.54) is 6.07 Å². The number of nitrogens with zero attached hydrogens (tertiary/aromatic N) is 2. The van der Waals surface area contributed by atoms with Gasteiger partial charge < -0.3 is 4.90 Å². The molecule has 2 aromatic carbocycles. The summed E-state index contributed by atoms with van der Waals surface area (Å²) in [6.45, 7) is 1.52. The SMILES string of the molecule is CN(C)CCN=Cc1c(F)cccc1-c1ccccc1. The molecule has 0 aliphatic heterocycles. The molecule has 0 bridgehead atoms. The standard InChI is InChI=1S/C17H19FN2/c1-20(2)12-11-19-13-16-15(9-6-10-17(16)18)14-7-4-3-5-8-14/h3-10,13H,11-12H2,1-2H3. The van der Waals surface area contributed by atoms with Gasteiger partial charge >= 0.3 is 0 Å². The van der Waals surface area contributed by atoms with Crippen molar-refractivity contribution >= 4 is 6.21 Å². The van der Waals surface area contributed by atoms with E-state index in [-0.39, 0.29) is 5.82 Å². The van der Waals surface area contributed by atoms with Crippen LogP contribution in [0.4, 0.5) is 4.39 Å². The topological polar surface area (TPSA) is 15.6 Å². The molecule has 2 nitrogen and oxygen atoms in total. The van der Waals surface area contributed by atoms with Crippen LogP contribution in [0.1, 0.15) is 5.56 Å². The van der Waals surface area contributed by atoms with Crippen LogP contribution in [0.15, 0.2) is 53.5 Å². The van der Waals surface area contributed by atoms with E-state index in [1.54, 1.807) is 12.3 Å². The molecule has 0 heterocycles. The highest BCUT2D eigenvalue weighted by molar-refractivity contribution is 5.90. The van der Waals surface area contributed by atoms with Crippen molar-refractivity contribution in [1.82, 2.24) is 4.90 Å². The zero-order chi connectivity index (χ0) is 14.4. The lowest BCUT2D eigenvalue weighted by molar-refractivity contribution is 0.421. The first-order chi connectivity index (χ1) is 9.68. The second kappa shape index (κ2) is 6.96. The normalized spacial score (nSPS) is 11.4. The molecule has 2 aromatic rings. The van der Waals surface area contributed by atoms with Crippen molar-refractivity contribution in [2.24, 2.45) is 4.99 Å². The predicted octanol–water partition coefficient (Wildman–Crippen LogP) is 3.47. The van der Waals surface area contributed by atoms with Gasteiger partial charge in [-0.1, -0.05) is 42.5 Å². The Hall–Kier alpha value is -2.00. The zero-order valence-corrected chi connectivity index (χ0v) is 11.9. The quantitative estimate of drug-likeness (QED) is 0.760. The second-order valence-corrected chi connectivity index (χ2v) is 4.91. The fraction of sp³-hybridized carbons (Fsp3) is 0.235. The largest absolute Gasteiger partial charge is 0.308 e. The van der Waals surface area contributed by atoms with Crippen molar-refractivity contribution in [2.75, 3.05) is 27.2 Å². The summed E-state index contributed by atoms with van der Waals surface area (Å²) in [6, 6.07) is 14.9. The third kappa shape index (κ3) is 3.75. The Balaban J connectivity index is 2.28. The van der Waals surface area contributed by atoms with Gasteiger partial charge in [0.15, 0.2) is 0 Å². The van der Waals surface area contributed by atoms with Gasteiger partial charge in [-0.3, -0.25) is 4.99 Å². The molecule has 0 atom stereocenters. The number of hydrogen-bond acceptors (Lipinski definition) is 2. The summed E-state index contributed by atoms with van der Waals surface area (Å²) in [5, 5.41) is 0. The Morgan fingerprint density at radius 2 is 1.80 bits per heavy atom. The van der Waals surface area contributed by atoms with E-state index in [9.17, 15) is 4.39 Å². The van der Waals surface area contributed by atoms with Crippen LogP contribution in [0, 0.1) is 5.82 Å². The maximum absolute atomic E-state index is 14.0. The highest BCUT2D eigenvalue weighted by Gasteiger charge is 2.07. The summed E-state index contributed by atoms with van der Waals surface area (Å²) in [5.74, 6) is -0.236. The van der Waals surface area contributed by atoms with Gasteiger partial charge in [-0.15, -0.1) is 0 Å². The molecule has 0 unspecified atom stereocenters. The fourth-order valence-corrected chi connectivity index (χ4v) is 1.95. The van der Waals surface area contributed by atoms with Gasteiger partial charge in [-0.2, -0.15) is 0 Å². The molecule has 0 N–H and O–H groups in total. The lowest BCUT2D eigenvalue weighted by atomic mass is 10.00. The highest BCUT2D eigenvalue weighted by Crippen LogP contribution is 2.24. The minimum absolute atomic E-state index is 0.236. The maximum atomic E-state index is 14.0. The summed E-state index contributed by atoms with van der Waals surface area (Å²) in [7, 11) is 3.99. The van der Waals surface area contributed by atoms with Gasteiger partial charge in [0, 0.05) is 18.3 Å². The van der Waals surface area contributed by atoms with Gasteiger partial charge in [0.2, 0.25) is 0 Å². The number of aliphatic imine (C=N–C) groups is 1. The van der Waals surface area contributed by atoms with E-state index in [4.69, 9.17) is 0 Å². The van der Waals surface area contributed by atoms with E-state index in [2.05, 4.69) is 9.89 Å². The summed E-state index contributed by atoms with van der Waals surface area (Å²) in [5.41, 5.74) is 2.43. The van der Waals surface area contributed by atoms with E-state index in [0.29, 0.717) is 12.1 Å². The number of benzene rings is 2. The van der Waals surface area contributed by atoms with Crippen LogP contribution in [0.25, 0.3) is 11.1 Å². The lowest BCUT2D eigenvalue weighted by Gasteiger charge is -2.08. The van der Waals surface area contributed by atoms with E-state index < -0.39 is 0 Å². The number of rotatable bonds is 5. The van der Waals surface area contributed by atoms with Crippen LogP contribution in [0.3, 0.4) is 0 Å². The zero-order valence-electron chi connectivity index (χ0n) is 11.9. The summed E-state index contributed by atoms with van der Waals surface area (Å²) in [6.07, 6.45) is 1.64. The molecule has 0 saturated carbocycles. The Bertz CT molecular complexity index is 577. The van der Waals surface area contributed by atoms with Crippen LogP contribution >= 0.6 is 0 Å². The van der Waals surface area contributed by atoms with Crippen LogP contribution in [-0.2, 0) is 0 Å². The summed E-state index contributed by atoms with van der Waals surface area (Å²) in [4.78, 5) is 6.37. The van der Waals surface area contributed by atoms with Crippen LogP contribution in [0.5, 0.6) is 0 Å². The van der Waals surface area contributed by atoms with Gasteiger partial charge in [0.1, 0.15) is 5.82 Å². The molecule has 0 fully saturated rings. The molecule has 0 amide bonds. The number of likely N-dealkylation sites (N-methyl/N-ethyl adjacent to an activating group) is 1. The molecule has 0 spiro atoms. The monoisotopic (exact) mass is 270 g/mol. The third-order valence-corrected chi connectivity index (χ3v) is 3.03. The average Bonchev–Trinajstić information content (AvgIpc) is 2.45. The first kappa shape index (κ1) is 14.4. The van der Waals surface area contributed by atoms with Gasteiger partial charge in [-0.05, 0) is 31.3 Å². The van der Waals surface area contributed by atoms with E-state index in [1.807, 2.05) is 50.5 Å². The fourth-order valence-electron chi connectivity index (χ4n) is 1.95. The second-order valence-electron chi connectivity index (χ2n) is 4.91. The highest BCUT2D eigenvalue weighted by atomic mass is 19.1. The maximum Gasteiger partial charge on any atom is 0.132 e. The van der Waals surface area contributed by atoms with Gasteiger partial charge in [-0.25, -0.2) is 4.39 Å². The van der Waals surface area contributed by atoms with Crippen molar-refractivity contribution in [2.45, 2.75) is 0 Å². The van der Waals surface area contributed by atoms with E-state index >= 15 is 0 Å². The molecule has 104 valence electrons. The minimum atomic E-state index is -0.236. The molecule has 0 radical (unpaired) electrons. The Kier molecular flexibility index (Phi) is 5.02. The Morgan fingerprint density at radius 1 is 1.05 bits per heavy atom. The van der Waals surface area contributed by atoms with Crippen LogP contribution in [-0.4, -0.2) is 38.3 Å². The predicted molar refractivity (Wildman–Crippen MR) is 82.9 cm³/mol. The van der Waals surface area contributed by atoms with Crippen molar-refractivity contribution in [3.63, 3.8) is 0 Å². The lowest BCUT2D eigenvalue weighted by Crippen LogP contribution is -2.15. The molecule has 2 rings (SSSR count). The first-order valence-electron chi connectivity index (χ1n) is 6.67. The van der Waals surface area contributed by atoms with Crippen LogP contribution < -0.4 is 0 Å². The molecule has 0 saturated heterocycles. The minimum Gasteiger partial charge on any atom is -0.308 e. The summed E-state index contributed by atoms with van der Waals surface area (Å²) >= 11 is 0. The van der Waals surface area contributed by atoms with Gasteiger partial charge in [0.05, 0.1) is 6.54 Å². The molecular weight excluding hydrogens is 251 g/mol. The van der Waals surface area contributed by atoms with E-state index in [0.717, 1.165) is 17.7 Å². The molecule has 0 aliphatic carbocycles. The van der Waals surface area contributed by atoms with Crippen molar-refractivity contribution in [3.8, 4) is 11.1 Å². The van der Waals surface area contributed by atoms with Gasteiger partial charge in [0.25, 0.3) is 0 Å². The van der Waals surface area contributed by atoms with Crippen molar-refractivity contribution in [1.29, 1.82) is 0 Å². The third-order valence-electron chi connectivity index (χ3n) is 3.03. The number of halogens is 1. The number of hydrogen-bond donors (Lipinski definition) is 0. The molecule has 0 aliphatic rings. The smallest absolute Gasteiger partial charge is 0.132 e. The average molecular weight is 270 g/mol. The molecule has 0 aromatic heterocycles. The Morgan fingerprint density at radius 3 is 2.50 bits per heavy atom. The molecular formula is C17H19FN2. The van der Waals surface area contributed by atoms with Crippen molar-refractivity contribution < 1.29 is 4.39 Å². The molecule has 20 heavy (non-hydrogen) atoms. The first-order valence-corrected chi connectivity index (χ1v) is 6.67. The molecule has 3 heteroatoms. The van der Waals surface area contributed by atoms with Crippen molar-refractivity contribution in [3.05, 3.63) is 59.9 Å². The van der Waals surface area contributed by atoms with Crippen LogP contribution in [0.2, 0.25) is 0 Å².